The lowest BCUT2D eigenvalue weighted by Gasteiger charge is -2.11. The van der Waals surface area contributed by atoms with Gasteiger partial charge in [0.05, 0.1) is 37.1 Å². The summed E-state index contributed by atoms with van der Waals surface area (Å²) in [6.45, 7) is 0. The number of nitrogens with zero attached hydrogens (tertiary/aromatic N) is 2. The van der Waals surface area contributed by atoms with Crippen molar-refractivity contribution in [2.45, 2.75) is 0 Å². The average Bonchev–Trinajstić information content (AvgIpc) is 2.82. The molecule has 0 saturated heterocycles. The lowest BCUT2D eigenvalue weighted by molar-refractivity contribution is 0.393. The topological polar surface area (TPSA) is 52.1 Å². The Morgan fingerprint density at radius 1 is 1.20 bits per heavy atom. The quantitative estimate of drug-likeness (QED) is 0.752. The first-order valence-corrected chi connectivity index (χ1v) is 6.42. The summed E-state index contributed by atoms with van der Waals surface area (Å²) in [5.41, 5.74) is 2.69. The molecule has 2 heterocycles. The van der Waals surface area contributed by atoms with Crippen molar-refractivity contribution >= 4 is 23.3 Å². The summed E-state index contributed by atoms with van der Waals surface area (Å²) in [5.74, 6) is 1.43. The lowest BCUT2D eigenvalue weighted by Crippen LogP contribution is -1.98. The highest BCUT2D eigenvalue weighted by Gasteiger charge is 2.12. The molecule has 102 valence electrons. The maximum absolute atomic E-state index is 5.44. The van der Waals surface area contributed by atoms with E-state index in [2.05, 4.69) is 9.97 Å². The molecule has 0 aliphatic carbocycles. The third-order valence-corrected chi connectivity index (χ3v) is 3.40. The van der Waals surface area contributed by atoms with Crippen LogP contribution < -0.4 is 9.47 Å². The van der Waals surface area contributed by atoms with Crippen molar-refractivity contribution in [2.24, 2.45) is 0 Å². The number of methoxy groups -OCH3 is 2. The van der Waals surface area contributed by atoms with Gasteiger partial charge in [-0.05, 0) is 30.4 Å². The van der Waals surface area contributed by atoms with Gasteiger partial charge in [-0.15, -0.1) is 0 Å². The van der Waals surface area contributed by atoms with Crippen molar-refractivity contribution in [3.8, 4) is 17.2 Å². The molecule has 0 atom stereocenters. The van der Waals surface area contributed by atoms with Crippen LogP contribution in [0.2, 0.25) is 0 Å². The second kappa shape index (κ2) is 4.97. The molecule has 20 heavy (non-hydrogen) atoms. The fourth-order valence-corrected chi connectivity index (χ4v) is 2.47. The third-order valence-electron chi connectivity index (χ3n) is 3.11. The molecule has 2 aromatic heterocycles. The molecule has 3 rings (SSSR count). The van der Waals surface area contributed by atoms with E-state index >= 15 is 0 Å². The highest BCUT2D eigenvalue weighted by Crippen LogP contribution is 2.30. The number of benzene rings is 1. The van der Waals surface area contributed by atoms with Gasteiger partial charge in [0.25, 0.3) is 0 Å². The summed E-state index contributed by atoms with van der Waals surface area (Å²) >= 11 is 5.40. The molecule has 0 radical (unpaired) electrons. The monoisotopic (exact) mass is 287 g/mol. The molecule has 3 aromatic rings. The van der Waals surface area contributed by atoms with Crippen molar-refractivity contribution in [1.82, 2.24) is 14.5 Å². The van der Waals surface area contributed by atoms with Gasteiger partial charge in [0.15, 0.2) is 4.77 Å². The lowest BCUT2D eigenvalue weighted by atomic mass is 10.2. The van der Waals surface area contributed by atoms with Gasteiger partial charge in [-0.3, -0.25) is 9.55 Å². The Morgan fingerprint density at radius 3 is 2.80 bits per heavy atom. The Balaban J connectivity index is 2.30. The van der Waals surface area contributed by atoms with E-state index in [-0.39, 0.29) is 0 Å². The summed E-state index contributed by atoms with van der Waals surface area (Å²) in [7, 11) is 3.25. The number of H-pyrrole nitrogens is 1. The average molecular weight is 287 g/mol. The highest BCUT2D eigenvalue weighted by molar-refractivity contribution is 7.71. The molecule has 0 unspecified atom stereocenters. The normalized spacial score (nSPS) is 10.7. The van der Waals surface area contributed by atoms with Crippen molar-refractivity contribution < 1.29 is 9.47 Å². The van der Waals surface area contributed by atoms with Crippen molar-refractivity contribution in [3.05, 3.63) is 41.4 Å². The standard InChI is InChI=1S/C14H13N3O2S/c1-18-9-3-4-12(13(7-9)19-2)17-11-5-6-15-8-10(11)16-14(17)20/h3-8H,1-2H3,(H,16,20). The molecule has 0 aliphatic heterocycles. The SMILES string of the molecule is COc1ccc(-n2c(=S)[nH]c3cnccc32)c(OC)c1. The second-order valence-electron chi connectivity index (χ2n) is 4.20. The fourth-order valence-electron chi connectivity index (χ4n) is 2.17. The van der Waals surface area contributed by atoms with E-state index in [1.54, 1.807) is 26.6 Å². The number of ether oxygens (including phenoxy) is 2. The maximum Gasteiger partial charge on any atom is 0.182 e. The first-order chi connectivity index (χ1) is 9.74. The van der Waals surface area contributed by atoms with E-state index in [1.807, 2.05) is 28.8 Å². The number of fused-ring (bicyclic) bond motifs is 1. The highest BCUT2D eigenvalue weighted by atomic mass is 32.1. The van der Waals surface area contributed by atoms with E-state index < -0.39 is 0 Å². The summed E-state index contributed by atoms with van der Waals surface area (Å²) < 4.78 is 13.2. The molecular formula is C14H13N3O2S. The van der Waals surface area contributed by atoms with Gasteiger partial charge in [0, 0.05) is 12.3 Å². The summed E-state index contributed by atoms with van der Waals surface area (Å²) in [5, 5.41) is 0. The third kappa shape index (κ3) is 1.94. The van der Waals surface area contributed by atoms with Crippen LogP contribution in [0.15, 0.2) is 36.7 Å². The Kier molecular flexibility index (Phi) is 3.15. The molecule has 0 aliphatic rings. The Labute approximate surface area is 120 Å². The van der Waals surface area contributed by atoms with Crippen LogP contribution >= 0.6 is 12.2 Å². The van der Waals surface area contributed by atoms with Gasteiger partial charge in [0.2, 0.25) is 0 Å². The van der Waals surface area contributed by atoms with Crippen LogP contribution in [-0.4, -0.2) is 28.8 Å². The van der Waals surface area contributed by atoms with E-state index in [0.717, 1.165) is 22.5 Å². The number of aromatic nitrogens is 3. The van der Waals surface area contributed by atoms with Gasteiger partial charge < -0.3 is 14.5 Å². The van der Waals surface area contributed by atoms with Gasteiger partial charge in [-0.2, -0.15) is 0 Å². The van der Waals surface area contributed by atoms with Crippen LogP contribution in [0, 0.1) is 4.77 Å². The number of rotatable bonds is 3. The number of hydrogen-bond donors (Lipinski definition) is 1. The van der Waals surface area contributed by atoms with E-state index in [9.17, 15) is 0 Å². The van der Waals surface area contributed by atoms with Crippen LogP contribution in [0.25, 0.3) is 16.7 Å². The predicted octanol–water partition coefficient (Wildman–Crippen LogP) is 3.10. The zero-order chi connectivity index (χ0) is 14.1. The molecular weight excluding hydrogens is 274 g/mol. The molecule has 1 N–H and O–H groups in total. The second-order valence-corrected chi connectivity index (χ2v) is 4.58. The Morgan fingerprint density at radius 2 is 2.05 bits per heavy atom. The van der Waals surface area contributed by atoms with Crippen LogP contribution in [0.3, 0.4) is 0 Å². The first-order valence-electron chi connectivity index (χ1n) is 6.01. The van der Waals surface area contributed by atoms with Gasteiger partial charge in [-0.1, -0.05) is 0 Å². The molecule has 0 saturated carbocycles. The Bertz CT molecular complexity index is 823. The minimum atomic E-state index is 0.594. The number of imidazole rings is 1. The fraction of sp³-hybridized carbons (Fsp3) is 0.143. The summed E-state index contributed by atoms with van der Waals surface area (Å²) in [6, 6.07) is 7.53. The molecule has 6 heteroatoms. The largest absolute Gasteiger partial charge is 0.497 e. The van der Waals surface area contributed by atoms with E-state index in [4.69, 9.17) is 21.7 Å². The zero-order valence-electron chi connectivity index (χ0n) is 11.1. The van der Waals surface area contributed by atoms with Crippen LogP contribution in [0.4, 0.5) is 0 Å². The predicted molar refractivity (Wildman–Crippen MR) is 79.4 cm³/mol. The van der Waals surface area contributed by atoms with Crippen LogP contribution in [0.1, 0.15) is 0 Å². The van der Waals surface area contributed by atoms with Crippen molar-refractivity contribution in [3.63, 3.8) is 0 Å². The summed E-state index contributed by atoms with van der Waals surface area (Å²) in [4.78, 5) is 7.22. The number of nitrogens with one attached hydrogen (secondary N) is 1. The summed E-state index contributed by atoms with van der Waals surface area (Å²) in [6.07, 6.45) is 3.48. The minimum absolute atomic E-state index is 0.594. The van der Waals surface area contributed by atoms with Gasteiger partial charge in [0.1, 0.15) is 11.5 Å². The van der Waals surface area contributed by atoms with E-state index in [0.29, 0.717) is 10.5 Å². The van der Waals surface area contributed by atoms with Gasteiger partial charge in [-0.25, -0.2) is 0 Å². The first kappa shape index (κ1) is 12.7. The van der Waals surface area contributed by atoms with Crippen molar-refractivity contribution in [1.29, 1.82) is 0 Å². The molecule has 5 nitrogen and oxygen atoms in total. The number of aromatic amines is 1. The smallest absolute Gasteiger partial charge is 0.182 e. The number of pyridine rings is 1. The minimum Gasteiger partial charge on any atom is -0.497 e. The van der Waals surface area contributed by atoms with Crippen molar-refractivity contribution in [2.75, 3.05) is 14.2 Å². The molecule has 0 spiro atoms. The van der Waals surface area contributed by atoms with Crippen LogP contribution in [-0.2, 0) is 0 Å². The molecule has 0 bridgehead atoms. The molecule has 0 amide bonds. The molecule has 0 fully saturated rings. The van der Waals surface area contributed by atoms with E-state index in [1.165, 1.54) is 0 Å². The zero-order valence-corrected chi connectivity index (χ0v) is 11.9. The molecule has 1 aromatic carbocycles. The Hall–Kier alpha value is -2.34. The van der Waals surface area contributed by atoms with Gasteiger partial charge >= 0.3 is 0 Å². The number of hydrogen-bond acceptors (Lipinski definition) is 4. The van der Waals surface area contributed by atoms with Crippen LogP contribution in [0.5, 0.6) is 11.5 Å². The maximum atomic E-state index is 5.44.